The predicted molar refractivity (Wildman–Crippen MR) is 75.8 cm³/mol. The molecule has 1 unspecified atom stereocenters. The van der Waals surface area contributed by atoms with E-state index in [4.69, 9.17) is 0 Å². The van der Waals surface area contributed by atoms with Gasteiger partial charge >= 0.3 is 0 Å². The van der Waals surface area contributed by atoms with E-state index < -0.39 is 0 Å². The molecule has 0 aliphatic carbocycles. The van der Waals surface area contributed by atoms with Crippen LogP contribution in [0.1, 0.15) is 85.0 Å². The van der Waals surface area contributed by atoms with Crippen LogP contribution < -0.4 is 0 Å². The molecule has 0 heteroatoms. The first kappa shape index (κ1) is 15.7. The van der Waals surface area contributed by atoms with Gasteiger partial charge in [-0.1, -0.05) is 77.9 Å². The summed E-state index contributed by atoms with van der Waals surface area (Å²) in [7, 11) is 0. The fourth-order valence-electron chi connectivity index (χ4n) is 2.22. The normalized spacial score (nSPS) is 13.4. The first-order valence-corrected chi connectivity index (χ1v) is 7.50. The van der Waals surface area contributed by atoms with Crippen molar-refractivity contribution < 1.29 is 0 Å². The van der Waals surface area contributed by atoms with Crippen molar-refractivity contribution in [1.29, 1.82) is 0 Å². The Morgan fingerprint density at radius 1 is 0.812 bits per heavy atom. The van der Waals surface area contributed by atoms with Gasteiger partial charge in [-0.2, -0.15) is 0 Å². The molecule has 0 saturated carbocycles. The average molecular weight is 224 g/mol. The Morgan fingerprint density at radius 2 is 1.56 bits per heavy atom. The lowest BCUT2D eigenvalue weighted by Gasteiger charge is -2.13. The van der Waals surface area contributed by atoms with Gasteiger partial charge in [-0.15, -0.1) is 0 Å². The summed E-state index contributed by atoms with van der Waals surface area (Å²) >= 11 is 0. The van der Waals surface area contributed by atoms with Gasteiger partial charge in [-0.25, -0.2) is 0 Å². The number of hydrogen-bond donors (Lipinski definition) is 0. The second-order valence-corrected chi connectivity index (χ2v) is 4.93. The summed E-state index contributed by atoms with van der Waals surface area (Å²) in [4.78, 5) is 0. The number of rotatable bonds is 11. The van der Waals surface area contributed by atoms with E-state index in [0.29, 0.717) is 0 Å². The number of unbranched alkanes of at least 4 members (excludes halogenated alkanes) is 4. The molecule has 0 aromatic heterocycles. The molecule has 96 valence electrons. The van der Waals surface area contributed by atoms with Crippen LogP contribution in [-0.2, 0) is 0 Å². The van der Waals surface area contributed by atoms with Crippen LogP contribution in [0.5, 0.6) is 0 Å². The SMILES string of the molecule is CCC=CCCCC(CC)CCCCCC. The molecule has 0 rings (SSSR count). The van der Waals surface area contributed by atoms with Crippen molar-refractivity contribution in [1.82, 2.24) is 0 Å². The Hall–Kier alpha value is -0.260. The van der Waals surface area contributed by atoms with E-state index in [9.17, 15) is 0 Å². The summed E-state index contributed by atoms with van der Waals surface area (Å²) in [5.74, 6) is 0.992. The van der Waals surface area contributed by atoms with Gasteiger partial charge in [-0.05, 0) is 25.2 Å². The van der Waals surface area contributed by atoms with Crippen LogP contribution in [0.2, 0.25) is 0 Å². The molecule has 0 heterocycles. The largest absolute Gasteiger partial charge is 0.0888 e. The fourth-order valence-corrected chi connectivity index (χ4v) is 2.22. The number of allylic oxidation sites excluding steroid dienone is 2. The van der Waals surface area contributed by atoms with Crippen molar-refractivity contribution in [2.24, 2.45) is 5.92 Å². The summed E-state index contributed by atoms with van der Waals surface area (Å²) in [6.45, 7) is 6.85. The highest BCUT2D eigenvalue weighted by Crippen LogP contribution is 2.20. The van der Waals surface area contributed by atoms with Gasteiger partial charge in [0.1, 0.15) is 0 Å². The zero-order valence-corrected chi connectivity index (χ0v) is 11.8. The van der Waals surface area contributed by atoms with E-state index in [1.165, 1.54) is 64.2 Å². The molecule has 0 amide bonds. The predicted octanol–water partition coefficient (Wildman–Crippen LogP) is 6.12. The third-order valence-electron chi connectivity index (χ3n) is 3.43. The minimum absolute atomic E-state index is 0.992. The van der Waals surface area contributed by atoms with Gasteiger partial charge in [0, 0.05) is 0 Å². The molecule has 0 nitrogen and oxygen atoms in total. The highest BCUT2D eigenvalue weighted by molar-refractivity contribution is 4.80. The lowest BCUT2D eigenvalue weighted by molar-refractivity contribution is 0.404. The first-order chi connectivity index (χ1) is 7.85. The Kier molecular flexibility index (Phi) is 12.6. The van der Waals surface area contributed by atoms with Gasteiger partial charge in [0.15, 0.2) is 0 Å². The Bertz CT molecular complexity index is 146. The van der Waals surface area contributed by atoms with Crippen molar-refractivity contribution in [3.8, 4) is 0 Å². The molecule has 0 spiro atoms. The van der Waals surface area contributed by atoms with Crippen LogP contribution in [-0.4, -0.2) is 0 Å². The zero-order valence-electron chi connectivity index (χ0n) is 11.8. The van der Waals surface area contributed by atoms with Crippen molar-refractivity contribution in [2.75, 3.05) is 0 Å². The monoisotopic (exact) mass is 224 g/mol. The highest BCUT2D eigenvalue weighted by Gasteiger charge is 2.04. The Morgan fingerprint density at radius 3 is 2.19 bits per heavy atom. The quantitative estimate of drug-likeness (QED) is 0.293. The summed E-state index contributed by atoms with van der Waals surface area (Å²) in [5, 5.41) is 0. The fraction of sp³-hybridized carbons (Fsp3) is 0.875. The maximum Gasteiger partial charge on any atom is -0.0351 e. The van der Waals surface area contributed by atoms with E-state index >= 15 is 0 Å². The van der Waals surface area contributed by atoms with Gasteiger partial charge < -0.3 is 0 Å². The van der Waals surface area contributed by atoms with Gasteiger partial charge in [0.25, 0.3) is 0 Å². The van der Waals surface area contributed by atoms with E-state index in [1.807, 2.05) is 0 Å². The third kappa shape index (κ3) is 10.3. The Balaban J connectivity index is 3.40. The van der Waals surface area contributed by atoms with Crippen molar-refractivity contribution in [2.45, 2.75) is 85.0 Å². The summed E-state index contributed by atoms with van der Waals surface area (Å²) < 4.78 is 0. The summed E-state index contributed by atoms with van der Waals surface area (Å²) in [6.07, 6.45) is 18.5. The molecule has 0 bridgehead atoms. The van der Waals surface area contributed by atoms with Crippen LogP contribution in [0.15, 0.2) is 12.2 Å². The van der Waals surface area contributed by atoms with E-state index in [-0.39, 0.29) is 0 Å². The third-order valence-corrected chi connectivity index (χ3v) is 3.43. The smallest absolute Gasteiger partial charge is 0.0351 e. The molecule has 1 atom stereocenters. The van der Waals surface area contributed by atoms with E-state index in [0.717, 1.165) is 5.92 Å². The molecule has 0 N–H and O–H groups in total. The van der Waals surface area contributed by atoms with Gasteiger partial charge in [0.2, 0.25) is 0 Å². The van der Waals surface area contributed by atoms with Crippen LogP contribution in [0.3, 0.4) is 0 Å². The molecular weight excluding hydrogens is 192 g/mol. The van der Waals surface area contributed by atoms with Gasteiger partial charge in [-0.3, -0.25) is 0 Å². The maximum atomic E-state index is 2.35. The standard InChI is InChI=1S/C16H32/c1-4-7-9-11-13-15-16(6-3)14-12-10-8-5-2/h7,9,16H,4-6,8,10-15H2,1-3H3. The van der Waals surface area contributed by atoms with Crippen LogP contribution in [0.4, 0.5) is 0 Å². The molecule has 0 aromatic carbocycles. The molecule has 0 aliphatic rings. The van der Waals surface area contributed by atoms with Gasteiger partial charge in [0.05, 0.1) is 0 Å². The summed E-state index contributed by atoms with van der Waals surface area (Å²) in [5.41, 5.74) is 0. The molecule has 0 aromatic rings. The van der Waals surface area contributed by atoms with E-state index in [1.54, 1.807) is 0 Å². The molecule has 0 radical (unpaired) electrons. The lowest BCUT2D eigenvalue weighted by atomic mass is 9.93. The second-order valence-electron chi connectivity index (χ2n) is 4.93. The first-order valence-electron chi connectivity index (χ1n) is 7.50. The molecular formula is C16H32. The van der Waals surface area contributed by atoms with Crippen LogP contribution in [0, 0.1) is 5.92 Å². The van der Waals surface area contributed by atoms with Crippen molar-refractivity contribution in [3.05, 3.63) is 12.2 Å². The second kappa shape index (κ2) is 12.8. The topological polar surface area (TPSA) is 0 Å². The van der Waals surface area contributed by atoms with Crippen molar-refractivity contribution in [3.63, 3.8) is 0 Å². The summed E-state index contributed by atoms with van der Waals surface area (Å²) in [6, 6.07) is 0. The minimum atomic E-state index is 0.992. The lowest BCUT2D eigenvalue weighted by Crippen LogP contribution is -1.98. The Labute approximate surface area is 104 Å². The number of hydrogen-bond acceptors (Lipinski definition) is 0. The maximum absolute atomic E-state index is 2.35. The zero-order chi connectivity index (χ0) is 12.1. The molecule has 0 aliphatic heterocycles. The van der Waals surface area contributed by atoms with E-state index in [2.05, 4.69) is 32.9 Å². The van der Waals surface area contributed by atoms with Crippen LogP contribution >= 0.6 is 0 Å². The average Bonchev–Trinajstić information content (AvgIpc) is 2.31. The molecule has 0 fully saturated rings. The van der Waals surface area contributed by atoms with Crippen LogP contribution in [0.25, 0.3) is 0 Å². The molecule has 16 heavy (non-hydrogen) atoms. The molecule has 0 saturated heterocycles. The minimum Gasteiger partial charge on any atom is -0.0888 e. The highest BCUT2D eigenvalue weighted by atomic mass is 14.1. The van der Waals surface area contributed by atoms with Crippen molar-refractivity contribution >= 4 is 0 Å².